The Balaban J connectivity index is 1.85. The highest BCUT2D eigenvalue weighted by Gasteiger charge is 2.12. The highest BCUT2D eigenvalue weighted by molar-refractivity contribution is 7.14. The maximum atomic E-state index is 4.71. The summed E-state index contributed by atoms with van der Waals surface area (Å²) in [5, 5.41) is 3.27. The molecule has 3 rings (SSSR count). The maximum absolute atomic E-state index is 4.71. The van der Waals surface area contributed by atoms with Crippen LogP contribution in [0.2, 0.25) is 0 Å². The van der Waals surface area contributed by atoms with Crippen LogP contribution in [-0.4, -0.2) is 18.1 Å². The van der Waals surface area contributed by atoms with E-state index < -0.39 is 0 Å². The lowest BCUT2D eigenvalue weighted by atomic mass is 10.2. The normalized spacial score (nSPS) is 15.2. The average Bonchev–Trinajstić information content (AvgIpc) is 2.90. The van der Waals surface area contributed by atoms with Gasteiger partial charge in [0.15, 0.2) is 5.13 Å². The van der Waals surface area contributed by atoms with Gasteiger partial charge < -0.3 is 4.90 Å². The Morgan fingerprint density at radius 2 is 2.00 bits per heavy atom. The zero-order chi connectivity index (χ0) is 11.5. The van der Waals surface area contributed by atoms with Gasteiger partial charge in [-0.05, 0) is 6.42 Å². The fourth-order valence-corrected chi connectivity index (χ4v) is 2.84. The summed E-state index contributed by atoms with van der Waals surface area (Å²) >= 11 is 1.73. The summed E-state index contributed by atoms with van der Waals surface area (Å²) in [5.74, 6) is 0. The molecule has 0 unspecified atom stereocenters. The monoisotopic (exact) mass is 242 g/mol. The van der Waals surface area contributed by atoms with Crippen LogP contribution in [0, 0.1) is 0 Å². The summed E-state index contributed by atoms with van der Waals surface area (Å²) in [5.41, 5.74) is 2.28. The lowest BCUT2D eigenvalue weighted by Gasteiger charge is -2.22. The van der Waals surface area contributed by atoms with Crippen molar-refractivity contribution in [3.05, 3.63) is 47.9 Å². The molecular weight excluding hydrogens is 228 g/mol. The van der Waals surface area contributed by atoms with Gasteiger partial charge in [0.1, 0.15) is 0 Å². The first-order valence-corrected chi connectivity index (χ1v) is 6.72. The number of aromatic nitrogens is 1. The van der Waals surface area contributed by atoms with Crippen molar-refractivity contribution in [2.75, 3.05) is 18.0 Å². The summed E-state index contributed by atoms with van der Waals surface area (Å²) in [6, 6.07) is 10.4. The predicted molar refractivity (Wildman–Crippen MR) is 73.5 cm³/mol. The highest BCUT2D eigenvalue weighted by atomic mass is 32.1. The Bertz CT molecular complexity index is 516. The van der Waals surface area contributed by atoms with Crippen molar-refractivity contribution in [2.24, 2.45) is 0 Å². The zero-order valence-corrected chi connectivity index (χ0v) is 10.4. The average molecular weight is 242 g/mol. The standard InChI is InChI=1S/C14H14N2S/c1-3-7-12(8-4-1)13-11-17-14(15-13)16-9-5-2-6-10-16/h1-5,7-8,11H,6,9-10H2. The Labute approximate surface area is 105 Å². The van der Waals surface area contributed by atoms with Crippen LogP contribution < -0.4 is 4.90 Å². The molecule has 0 fully saturated rings. The van der Waals surface area contributed by atoms with Crippen LogP contribution in [0.4, 0.5) is 5.13 Å². The van der Waals surface area contributed by atoms with Gasteiger partial charge >= 0.3 is 0 Å². The third-order valence-corrected chi connectivity index (χ3v) is 3.79. The molecule has 3 heteroatoms. The second-order valence-corrected chi connectivity index (χ2v) is 4.92. The number of hydrogen-bond acceptors (Lipinski definition) is 3. The molecule has 2 aromatic rings. The third kappa shape index (κ3) is 2.24. The van der Waals surface area contributed by atoms with Crippen molar-refractivity contribution in [2.45, 2.75) is 6.42 Å². The van der Waals surface area contributed by atoms with Crippen LogP contribution in [-0.2, 0) is 0 Å². The van der Waals surface area contributed by atoms with Gasteiger partial charge in [0.25, 0.3) is 0 Å². The van der Waals surface area contributed by atoms with Crippen molar-refractivity contribution < 1.29 is 0 Å². The van der Waals surface area contributed by atoms with Crippen LogP contribution in [0.3, 0.4) is 0 Å². The molecule has 0 spiro atoms. The number of rotatable bonds is 2. The Kier molecular flexibility index (Phi) is 2.92. The summed E-state index contributed by atoms with van der Waals surface area (Å²) in [6.45, 7) is 2.07. The topological polar surface area (TPSA) is 16.1 Å². The van der Waals surface area contributed by atoms with Crippen molar-refractivity contribution in [3.63, 3.8) is 0 Å². The Morgan fingerprint density at radius 3 is 2.76 bits per heavy atom. The summed E-state index contributed by atoms with van der Waals surface area (Å²) in [7, 11) is 0. The molecule has 0 aliphatic carbocycles. The van der Waals surface area contributed by atoms with E-state index in [-0.39, 0.29) is 0 Å². The Morgan fingerprint density at radius 1 is 1.12 bits per heavy atom. The third-order valence-electron chi connectivity index (χ3n) is 2.89. The molecular formula is C14H14N2S. The molecule has 0 amide bonds. The number of nitrogens with zero attached hydrogens (tertiary/aromatic N) is 2. The maximum Gasteiger partial charge on any atom is 0.186 e. The van der Waals surface area contributed by atoms with E-state index in [4.69, 9.17) is 4.98 Å². The van der Waals surface area contributed by atoms with E-state index in [9.17, 15) is 0 Å². The number of anilines is 1. The first-order chi connectivity index (χ1) is 8.43. The van der Waals surface area contributed by atoms with Gasteiger partial charge in [0, 0.05) is 24.0 Å². The first-order valence-electron chi connectivity index (χ1n) is 5.84. The minimum absolute atomic E-state index is 0.988. The van der Waals surface area contributed by atoms with E-state index in [1.54, 1.807) is 11.3 Å². The smallest absolute Gasteiger partial charge is 0.186 e. The second-order valence-electron chi connectivity index (χ2n) is 4.09. The second kappa shape index (κ2) is 4.72. The molecule has 17 heavy (non-hydrogen) atoms. The van der Waals surface area contributed by atoms with Crippen molar-refractivity contribution in [3.8, 4) is 11.3 Å². The number of hydrogen-bond donors (Lipinski definition) is 0. The number of thiazole rings is 1. The van der Waals surface area contributed by atoms with E-state index in [1.165, 1.54) is 5.56 Å². The molecule has 0 N–H and O–H groups in total. The predicted octanol–water partition coefficient (Wildman–Crippen LogP) is 3.58. The van der Waals surface area contributed by atoms with E-state index >= 15 is 0 Å². The van der Waals surface area contributed by atoms with Crippen LogP contribution in [0.1, 0.15) is 6.42 Å². The van der Waals surface area contributed by atoms with Gasteiger partial charge in [-0.15, -0.1) is 11.3 Å². The minimum Gasteiger partial charge on any atom is -0.344 e. The number of benzene rings is 1. The summed E-state index contributed by atoms with van der Waals surface area (Å²) < 4.78 is 0. The first kappa shape index (κ1) is 10.5. The SMILES string of the molecule is C1=CCN(c2nc(-c3ccccc3)cs2)CC1. The lowest BCUT2D eigenvalue weighted by Crippen LogP contribution is -2.26. The fourth-order valence-electron chi connectivity index (χ4n) is 1.97. The minimum atomic E-state index is 0.988. The largest absolute Gasteiger partial charge is 0.344 e. The highest BCUT2D eigenvalue weighted by Crippen LogP contribution is 2.27. The molecule has 1 aromatic heterocycles. The van der Waals surface area contributed by atoms with E-state index in [0.717, 1.165) is 30.3 Å². The van der Waals surface area contributed by atoms with E-state index in [1.807, 2.05) is 6.07 Å². The van der Waals surface area contributed by atoms with Gasteiger partial charge in [0.05, 0.1) is 5.69 Å². The van der Waals surface area contributed by atoms with Crippen molar-refractivity contribution in [1.29, 1.82) is 0 Å². The molecule has 1 aliphatic rings. The van der Waals surface area contributed by atoms with Crippen molar-refractivity contribution >= 4 is 16.5 Å². The van der Waals surface area contributed by atoms with Crippen LogP contribution in [0.25, 0.3) is 11.3 Å². The molecule has 1 aromatic carbocycles. The fraction of sp³-hybridized carbons (Fsp3) is 0.214. The van der Waals surface area contributed by atoms with Crippen LogP contribution in [0.5, 0.6) is 0 Å². The molecule has 2 heterocycles. The molecule has 2 nitrogen and oxygen atoms in total. The molecule has 0 saturated heterocycles. The van der Waals surface area contributed by atoms with E-state index in [0.29, 0.717) is 0 Å². The molecule has 1 aliphatic heterocycles. The van der Waals surface area contributed by atoms with Gasteiger partial charge in [0.2, 0.25) is 0 Å². The van der Waals surface area contributed by atoms with Gasteiger partial charge in [-0.25, -0.2) is 4.98 Å². The van der Waals surface area contributed by atoms with Crippen LogP contribution >= 0.6 is 11.3 Å². The molecule has 86 valence electrons. The van der Waals surface area contributed by atoms with Gasteiger partial charge in [-0.1, -0.05) is 42.5 Å². The molecule has 0 radical (unpaired) electrons. The Hall–Kier alpha value is -1.61. The van der Waals surface area contributed by atoms with Crippen LogP contribution in [0.15, 0.2) is 47.9 Å². The molecule has 0 atom stereocenters. The summed E-state index contributed by atoms with van der Waals surface area (Å²) in [6.07, 6.45) is 5.58. The van der Waals surface area contributed by atoms with Crippen molar-refractivity contribution in [1.82, 2.24) is 4.98 Å². The quantitative estimate of drug-likeness (QED) is 0.748. The lowest BCUT2D eigenvalue weighted by molar-refractivity contribution is 0.817. The zero-order valence-electron chi connectivity index (χ0n) is 9.54. The van der Waals surface area contributed by atoms with Gasteiger partial charge in [-0.3, -0.25) is 0 Å². The van der Waals surface area contributed by atoms with E-state index in [2.05, 4.69) is 46.7 Å². The summed E-state index contributed by atoms with van der Waals surface area (Å²) in [4.78, 5) is 7.05. The molecule has 0 bridgehead atoms. The van der Waals surface area contributed by atoms with Gasteiger partial charge in [-0.2, -0.15) is 0 Å². The molecule has 0 saturated carbocycles.